The summed E-state index contributed by atoms with van der Waals surface area (Å²) in [6, 6.07) is 13.0. The predicted octanol–water partition coefficient (Wildman–Crippen LogP) is 3.20. The maximum Gasteiger partial charge on any atom is 0.387 e. The zero-order chi connectivity index (χ0) is 22.3. The van der Waals surface area contributed by atoms with Crippen LogP contribution in [0.3, 0.4) is 0 Å². The summed E-state index contributed by atoms with van der Waals surface area (Å²) in [7, 11) is -3.54. The van der Waals surface area contributed by atoms with E-state index >= 15 is 0 Å². The molecule has 0 spiro atoms. The Hall–Kier alpha value is -3.01. The largest absolute Gasteiger partial charge is 0.434 e. The van der Waals surface area contributed by atoms with Gasteiger partial charge in [-0.15, -0.1) is 0 Å². The van der Waals surface area contributed by atoms with Crippen molar-refractivity contribution in [2.75, 3.05) is 6.54 Å². The number of aliphatic imine (C=N–C) groups is 1. The fourth-order valence-corrected chi connectivity index (χ4v) is 4.41. The normalized spacial score (nSPS) is 15.5. The molecule has 7 nitrogen and oxygen atoms in total. The number of nitrogens with zero attached hydrogens (tertiary/aromatic N) is 1. The van der Waals surface area contributed by atoms with Crippen LogP contribution in [0.5, 0.6) is 5.75 Å². The fourth-order valence-electron chi connectivity index (χ4n) is 3.16. The number of halogens is 2. The molecule has 0 fully saturated rings. The van der Waals surface area contributed by atoms with E-state index in [0.717, 1.165) is 6.42 Å². The molecule has 2 aromatic rings. The molecule has 0 atom stereocenters. The topological polar surface area (TPSA) is 96.9 Å². The Morgan fingerprint density at radius 2 is 1.81 bits per heavy atom. The Bertz CT molecular complexity index is 1060. The molecule has 0 aromatic heterocycles. The molecule has 0 unspecified atom stereocenters. The first-order valence-electron chi connectivity index (χ1n) is 9.83. The number of rotatable bonds is 10. The molecule has 3 rings (SSSR count). The zero-order valence-corrected chi connectivity index (χ0v) is 17.5. The Morgan fingerprint density at radius 1 is 1.06 bits per heavy atom. The van der Waals surface area contributed by atoms with Gasteiger partial charge in [-0.3, -0.25) is 14.5 Å². The Kier molecular flexibility index (Phi) is 7.56. The van der Waals surface area contributed by atoms with Gasteiger partial charge < -0.3 is 10.1 Å². The first-order chi connectivity index (χ1) is 14.9. The standard InChI is InChI=1S/C21H23F2N3O4S/c22-21(23)30-17-10-5-3-8-15(17)14-25-19(27)12-2-1-7-13-24-20-16-9-4-6-11-18(16)31(28,29)26-20/h3-6,8-11,21H,1-2,7,12-14H2,(H,24,26)(H,25,27). The molecule has 0 aliphatic carbocycles. The molecule has 10 heteroatoms. The van der Waals surface area contributed by atoms with Crippen molar-refractivity contribution in [3.63, 3.8) is 0 Å². The van der Waals surface area contributed by atoms with Crippen LogP contribution in [0, 0.1) is 0 Å². The molecule has 1 heterocycles. The van der Waals surface area contributed by atoms with Crippen molar-refractivity contribution < 1.29 is 26.7 Å². The van der Waals surface area contributed by atoms with E-state index in [1.165, 1.54) is 12.1 Å². The van der Waals surface area contributed by atoms with Crippen LogP contribution in [-0.4, -0.2) is 33.3 Å². The number of benzene rings is 2. The lowest BCUT2D eigenvalue weighted by Crippen LogP contribution is -2.23. The number of sulfonamides is 1. The van der Waals surface area contributed by atoms with Crippen molar-refractivity contribution >= 4 is 21.8 Å². The monoisotopic (exact) mass is 451 g/mol. The van der Waals surface area contributed by atoms with Crippen LogP contribution in [0.15, 0.2) is 58.4 Å². The minimum Gasteiger partial charge on any atom is -0.434 e. The molecule has 0 radical (unpaired) electrons. The molecule has 31 heavy (non-hydrogen) atoms. The molecule has 166 valence electrons. The summed E-state index contributed by atoms with van der Waals surface area (Å²) >= 11 is 0. The summed E-state index contributed by atoms with van der Waals surface area (Å²) in [5, 5.41) is 2.70. The highest BCUT2D eigenvalue weighted by Crippen LogP contribution is 2.22. The highest BCUT2D eigenvalue weighted by molar-refractivity contribution is 7.90. The maximum atomic E-state index is 12.4. The van der Waals surface area contributed by atoms with Crippen LogP contribution < -0.4 is 14.8 Å². The van der Waals surface area contributed by atoms with Crippen molar-refractivity contribution in [1.82, 2.24) is 10.0 Å². The van der Waals surface area contributed by atoms with Crippen molar-refractivity contribution in [3.05, 3.63) is 59.7 Å². The summed E-state index contributed by atoms with van der Waals surface area (Å²) in [6.45, 7) is -2.38. The third kappa shape index (κ3) is 6.24. The van der Waals surface area contributed by atoms with Crippen LogP contribution in [0.2, 0.25) is 0 Å². The number of fused-ring (bicyclic) bond motifs is 1. The van der Waals surface area contributed by atoms with Crippen molar-refractivity contribution in [3.8, 4) is 5.75 Å². The second-order valence-electron chi connectivity index (χ2n) is 6.91. The summed E-state index contributed by atoms with van der Waals surface area (Å²) < 4.78 is 55.8. The van der Waals surface area contributed by atoms with Gasteiger partial charge in [-0.05, 0) is 31.0 Å². The number of hydrogen-bond donors (Lipinski definition) is 2. The predicted molar refractivity (Wildman–Crippen MR) is 112 cm³/mol. The number of carbonyl (C=O) groups excluding carboxylic acids is 1. The van der Waals surface area contributed by atoms with E-state index in [9.17, 15) is 22.0 Å². The lowest BCUT2D eigenvalue weighted by molar-refractivity contribution is -0.121. The third-order valence-corrected chi connectivity index (χ3v) is 6.06. The Labute approximate surface area is 179 Å². The van der Waals surface area contributed by atoms with Crippen LogP contribution in [-0.2, 0) is 21.4 Å². The van der Waals surface area contributed by atoms with Gasteiger partial charge in [-0.1, -0.05) is 36.8 Å². The lowest BCUT2D eigenvalue weighted by Gasteiger charge is -2.11. The average molecular weight is 451 g/mol. The molecule has 1 aliphatic rings. The smallest absolute Gasteiger partial charge is 0.387 e. The molecule has 1 aliphatic heterocycles. The van der Waals surface area contributed by atoms with E-state index in [4.69, 9.17) is 0 Å². The van der Waals surface area contributed by atoms with Crippen molar-refractivity contribution in [2.24, 2.45) is 4.99 Å². The molecule has 2 N–H and O–H groups in total. The highest BCUT2D eigenvalue weighted by Gasteiger charge is 2.29. The Balaban J connectivity index is 1.38. The van der Waals surface area contributed by atoms with Gasteiger partial charge in [-0.25, -0.2) is 8.42 Å². The molecule has 1 amide bonds. The highest BCUT2D eigenvalue weighted by atomic mass is 32.2. The first kappa shape index (κ1) is 22.7. The minimum absolute atomic E-state index is 0.0426. The van der Waals surface area contributed by atoms with Crippen LogP contribution >= 0.6 is 0 Å². The summed E-state index contributed by atoms with van der Waals surface area (Å²) in [5.74, 6) is 0.203. The number of ether oxygens (including phenoxy) is 1. The van der Waals surface area contributed by atoms with Crippen molar-refractivity contribution in [1.29, 1.82) is 0 Å². The van der Waals surface area contributed by atoms with Crippen molar-refractivity contribution in [2.45, 2.75) is 43.7 Å². The van der Waals surface area contributed by atoms with E-state index in [0.29, 0.717) is 42.8 Å². The van der Waals surface area contributed by atoms with Gasteiger partial charge in [0.1, 0.15) is 11.6 Å². The second kappa shape index (κ2) is 10.3. The zero-order valence-electron chi connectivity index (χ0n) is 16.7. The van der Waals surface area contributed by atoms with E-state index in [1.807, 2.05) is 0 Å². The van der Waals surface area contributed by atoms with E-state index in [1.54, 1.807) is 36.4 Å². The molecular formula is C21H23F2N3O4S. The SMILES string of the molecule is O=C(CCCCCN=C1NS(=O)(=O)c2ccccc21)NCc1ccccc1OC(F)F. The quantitative estimate of drug-likeness (QED) is 0.542. The average Bonchev–Trinajstić information content (AvgIpc) is 3.00. The molecule has 0 saturated heterocycles. The van der Waals surface area contributed by atoms with Gasteiger partial charge in [0.25, 0.3) is 10.0 Å². The number of amides is 1. The third-order valence-electron chi connectivity index (χ3n) is 4.66. The van der Waals surface area contributed by atoms with E-state index in [-0.39, 0.29) is 23.1 Å². The first-order valence-corrected chi connectivity index (χ1v) is 11.3. The van der Waals surface area contributed by atoms with Gasteiger partial charge in [0, 0.05) is 30.6 Å². The molecular weight excluding hydrogens is 428 g/mol. The number of nitrogens with one attached hydrogen (secondary N) is 2. The molecule has 2 aromatic carbocycles. The Morgan fingerprint density at radius 3 is 2.61 bits per heavy atom. The number of hydrogen-bond acceptors (Lipinski definition) is 5. The van der Waals surface area contributed by atoms with Crippen LogP contribution in [0.4, 0.5) is 8.78 Å². The summed E-state index contributed by atoms with van der Waals surface area (Å²) in [6.07, 6.45) is 2.37. The number of para-hydroxylation sites is 1. The van der Waals surface area contributed by atoms with Gasteiger partial charge in [0.15, 0.2) is 0 Å². The summed E-state index contributed by atoms with van der Waals surface area (Å²) in [4.78, 5) is 16.6. The van der Waals surface area contributed by atoms with Crippen LogP contribution in [0.1, 0.15) is 36.8 Å². The number of carbonyl (C=O) groups is 1. The van der Waals surface area contributed by atoms with Gasteiger partial charge in [0.05, 0.1) is 4.90 Å². The lowest BCUT2D eigenvalue weighted by atomic mass is 10.1. The van der Waals surface area contributed by atoms with Gasteiger partial charge >= 0.3 is 6.61 Å². The number of alkyl halides is 2. The van der Waals surface area contributed by atoms with Crippen LogP contribution in [0.25, 0.3) is 0 Å². The number of amidine groups is 1. The second-order valence-corrected chi connectivity index (χ2v) is 8.56. The maximum absolute atomic E-state index is 12.4. The van der Waals surface area contributed by atoms with E-state index in [2.05, 4.69) is 19.8 Å². The van der Waals surface area contributed by atoms with Gasteiger partial charge in [-0.2, -0.15) is 8.78 Å². The summed E-state index contributed by atoms with van der Waals surface area (Å²) in [5.41, 5.74) is 1.05. The van der Waals surface area contributed by atoms with E-state index < -0.39 is 16.6 Å². The fraction of sp³-hybridized carbons (Fsp3) is 0.333. The number of unbranched alkanes of at least 4 members (excludes halogenated alkanes) is 2. The minimum atomic E-state index is -3.54. The molecule has 0 saturated carbocycles. The molecule has 0 bridgehead atoms. The van der Waals surface area contributed by atoms with Gasteiger partial charge in [0.2, 0.25) is 5.91 Å².